The number of hydrogen-bond acceptors (Lipinski definition) is 5. The van der Waals surface area contributed by atoms with Gasteiger partial charge in [-0.2, -0.15) is 0 Å². The van der Waals surface area contributed by atoms with Crippen LogP contribution in [0.5, 0.6) is 5.75 Å². The molecular formula is C13H13ClN2O5S. The molecular weight excluding hydrogens is 332 g/mol. The molecule has 9 heteroatoms. The van der Waals surface area contributed by atoms with Crippen molar-refractivity contribution in [3.05, 3.63) is 23.2 Å². The molecule has 0 aliphatic carbocycles. The molecule has 22 heavy (non-hydrogen) atoms. The summed E-state index contributed by atoms with van der Waals surface area (Å²) in [5, 5.41) is 11.3. The molecule has 2 N–H and O–H groups in total. The predicted octanol–water partition coefficient (Wildman–Crippen LogP) is 1.27. The second-order valence-corrected chi connectivity index (χ2v) is 5.81. The average Bonchev–Trinajstić information content (AvgIpc) is 2.83. The van der Waals surface area contributed by atoms with Gasteiger partial charge in [0.05, 0.1) is 16.7 Å². The van der Waals surface area contributed by atoms with Crippen LogP contribution in [0, 0.1) is 0 Å². The Morgan fingerprint density at radius 3 is 2.82 bits per heavy atom. The Bertz CT molecular complexity index is 610. The zero-order valence-corrected chi connectivity index (χ0v) is 12.9. The molecule has 7 nitrogen and oxygen atoms in total. The fourth-order valence-electron chi connectivity index (χ4n) is 1.75. The highest BCUT2D eigenvalue weighted by atomic mass is 35.5. The van der Waals surface area contributed by atoms with Crippen LogP contribution in [-0.4, -0.2) is 52.6 Å². The number of aliphatic carboxylic acids is 1. The minimum atomic E-state index is -1.11. The number of nitrogens with one attached hydrogen (secondary N) is 1. The third-order valence-corrected chi connectivity index (χ3v) is 3.97. The van der Waals surface area contributed by atoms with Crippen LogP contribution in [0.25, 0.3) is 0 Å². The minimum Gasteiger partial charge on any atom is -0.480 e. The number of ether oxygens (including phenoxy) is 1. The molecule has 1 aromatic rings. The van der Waals surface area contributed by atoms with Crippen molar-refractivity contribution in [2.75, 3.05) is 30.1 Å². The van der Waals surface area contributed by atoms with Crippen molar-refractivity contribution in [1.82, 2.24) is 4.90 Å². The maximum atomic E-state index is 11.9. The Morgan fingerprint density at radius 1 is 1.45 bits per heavy atom. The normalized spacial score (nSPS) is 14.0. The summed E-state index contributed by atoms with van der Waals surface area (Å²) in [5.41, 5.74) is 0.442. The molecule has 1 aliphatic rings. The summed E-state index contributed by atoms with van der Waals surface area (Å²) in [6.07, 6.45) is 0. The second-order valence-electron chi connectivity index (χ2n) is 4.45. The van der Waals surface area contributed by atoms with E-state index in [1.807, 2.05) is 0 Å². The number of benzene rings is 1. The molecule has 1 heterocycles. The monoisotopic (exact) mass is 344 g/mol. The zero-order valence-electron chi connectivity index (χ0n) is 11.4. The van der Waals surface area contributed by atoms with Gasteiger partial charge in [-0.3, -0.25) is 9.59 Å². The lowest BCUT2D eigenvalue weighted by Crippen LogP contribution is -2.34. The number of carbonyl (C=O) groups is 3. The standard InChI is InChI=1S/C13H13ClN2O5S/c14-9-3-8(1-2-10(9)21-5-13(19)20)15-11(17)4-16-7-22-6-12(16)18/h1-3H,4-7H2,(H,15,17)(H,19,20). The van der Waals surface area contributed by atoms with E-state index >= 15 is 0 Å². The van der Waals surface area contributed by atoms with Crippen molar-refractivity contribution >= 4 is 46.8 Å². The highest BCUT2D eigenvalue weighted by molar-refractivity contribution is 8.00. The van der Waals surface area contributed by atoms with Gasteiger partial charge in [0, 0.05) is 5.69 Å². The Morgan fingerprint density at radius 2 is 2.23 bits per heavy atom. The quantitative estimate of drug-likeness (QED) is 0.807. The third kappa shape index (κ3) is 4.54. The molecule has 118 valence electrons. The molecule has 2 amide bonds. The van der Waals surface area contributed by atoms with Crippen molar-refractivity contribution in [2.45, 2.75) is 0 Å². The van der Waals surface area contributed by atoms with Crippen LogP contribution in [0.2, 0.25) is 5.02 Å². The fourth-order valence-corrected chi connectivity index (χ4v) is 2.89. The van der Waals surface area contributed by atoms with Crippen LogP contribution in [0.1, 0.15) is 0 Å². The van der Waals surface area contributed by atoms with Crippen LogP contribution in [-0.2, 0) is 14.4 Å². The lowest BCUT2D eigenvalue weighted by atomic mass is 10.3. The molecule has 1 aromatic carbocycles. The number of amides is 2. The highest BCUT2D eigenvalue weighted by Gasteiger charge is 2.22. The first-order chi connectivity index (χ1) is 10.5. The van der Waals surface area contributed by atoms with Gasteiger partial charge in [-0.15, -0.1) is 11.8 Å². The van der Waals surface area contributed by atoms with Gasteiger partial charge in [0.2, 0.25) is 11.8 Å². The van der Waals surface area contributed by atoms with Crippen molar-refractivity contribution in [1.29, 1.82) is 0 Å². The van der Waals surface area contributed by atoms with E-state index in [1.54, 1.807) is 6.07 Å². The number of rotatable bonds is 6. The summed E-state index contributed by atoms with van der Waals surface area (Å²) in [4.78, 5) is 35.2. The van der Waals surface area contributed by atoms with Crippen molar-refractivity contribution in [3.8, 4) is 5.75 Å². The molecule has 0 spiro atoms. The van der Waals surface area contributed by atoms with E-state index in [1.165, 1.54) is 28.8 Å². The van der Waals surface area contributed by atoms with E-state index in [0.29, 0.717) is 17.3 Å². The summed E-state index contributed by atoms with van der Waals surface area (Å²) < 4.78 is 4.98. The van der Waals surface area contributed by atoms with Gasteiger partial charge in [0.25, 0.3) is 0 Å². The van der Waals surface area contributed by atoms with Crippen LogP contribution >= 0.6 is 23.4 Å². The van der Waals surface area contributed by atoms with Gasteiger partial charge in [-0.1, -0.05) is 11.6 Å². The lowest BCUT2D eigenvalue weighted by molar-refractivity contribution is -0.139. The summed E-state index contributed by atoms with van der Waals surface area (Å²) in [7, 11) is 0. The summed E-state index contributed by atoms with van der Waals surface area (Å²) >= 11 is 7.41. The maximum absolute atomic E-state index is 11.9. The summed E-state index contributed by atoms with van der Waals surface area (Å²) in [6, 6.07) is 4.47. The minimum absolute atomic E-state index is 0.0132. The average molecular weight is 345 g/mol. The van der Waals surface area contributed by atoms with E-state index in [0.717, 1.165) is 0 Å². The van der Waals surface area contributed by atoms with Gasteiger partial charge in [-0.05, 0) is 18.2 Å². The first kappa shape index (κ1) is 16.4. The SMILES string of the molecule is O=C(O)COc1ccc(NC(=O)CN2CSCC2=O)cc1Cl. The van der Waals surface area contributed by atoms with Gasteiger partial charge in [0.15, 0.2) is 6.61 Å². The van der Waals surface area contributed by atoms with E-state index in [2.05, 4.69) is 5.32 Å². The Hall–Kier alpha value is -1.93. The number of anilines is 1. The number of thioether (sulfide) groups is 1. The van der Waals surface area contributed by atoms with E-state index in [-0.39, 0.29) is 29.1 Å². The lowest BCUT2D eigenvalue weighted by Gasteiger charge is -2.14. The first-order valence-corrected chi connectivity index (χ1v) is 7.78. The Balaban J connectivity index is 1.92. The summed E-state index contributed by atoms with van der Waals surface area (Å²) in [6.45, 7) is -0.513. The van der Waals surface area contributed by atoms with Crippen molar-refractivity contribution in [3.63, 3.8) is 0 Å². The molecule has 0 bridgehead atoms. The Labute approximate surface area is 135 Å². The van der Waals surface area contributed by atoms with Crippen molar-refractivity contribution < 1.29 is 24.2 Å². The van der Waals surface area contributed by atoms with Gasteiger partial charge >= 0.3 is 5.97 Å². The van der Waals surface area contributed by atoms with Crippen LogP contribution in [0.15, 0.2) is 18.2 Å². The van der Waals surface area contributed by atoms with Gasteiger partial charge in [-0.25, -0.2) is 4.79 Å². The van der Waals surface area contributed by atoms with Crippen LogP contribution < -0.4 is 10.1 Å². The Kier molecular flexibility index (Phi) is 5.51. The van der Waals surface area contributed by atoms with E-state index in [9.17, 15) is 14.4 Å². The number of carbonyl (C=O) groups excluding carboxylic acids is 2. The van der Waals surface area contributed by atoms with Gasteiger partial charge < -0.3 is 20.1 Å². The first-order valence-electron chi connectivity index (χ1n) is 6.25. The highest BCUT2D eigenvalue weighted by Crippen LogP contribution is 2.27. The molecule has 0 radical (unpaired) electrons. The van der Waals surface area contributed by atoms with Crippen LogP contribution in [0.3, 0.4) is 0 Å². The van der Waals surface area contributed by atoms with Crippen molar-refractivity contribution in [2.24, 2.45) is 0 Å². The second kappa shape index (κ2) is 7.37. The number of carboxylic acid groups (broad SMARTS) is 1. The topological polar surface area (TPSA) is 95.9 Å². The van der Waals surface area contributed by atoms with E-state index in [4.69, 9.17) is 21.4 Å². The molecule has 1 fully saturated rings. The van der Waals surface area contributed by atoms with Gasteiger partial charge in [0.1, 0.15) is 12.3 Å². The van der Waals surface area contributed by atoms with E-state index < -0.39 is 12.6 Å². The third-order valence-electron chi connectivity index (χ3n) is 2.73. The van der Waals surface area contributed by atoms with Crippen LogP contribution in [0.4, 0.5) is 5.69 Å². The molecule has 0 unspecified atom stereocenters. The molecule has 0 atom stereocenters. The largest absolute Gasteiger partial charge is 0.480 e. The molecule has 0 aromatic heterocycles. The molecule has 2 rings (SSSR count). The molecule has 0 saturated carbocycles. The number of hydrogen-bond donors (Lipinski definition) is 2. The number of halogens is 1. The predicted molar refractivity (Wildman–Crippen MR) is 82.3 cm³/mol. The molecule has 1 aliphatic heterocycles. The zero-order chi connectivity index (χ0) is 16.1. The molecule has 1 saturated heterocycles. The number of nitrogens with zero attached hydrogens (tertiary/aromatic N) is 1. The summed E-state index contributed by atoms with van der Waals surface area (Å²) in [5.74, 6) is -0.375. The maximum Gasteiger partial charge on any atom is 0.341 e. The fraction of sp³-hybridized carbons (Fsp3) is 0.308. The smallest absolute Gasteiger partial charge is 0.341 e. The number of carboxylic acids is 1.